The molecule has 0 aromatic heterocycles. The third-order valence-electron chi connectivity index (χ3n) is 3.10. The van der Waals surface area contributed by atoms with Gasteiger partial charge in [-0.05, 0) is 49.9 Å². The van der Waals surface area contributed by atoms with Gasteiger partial charge in [0.25, 0.3) is 0 Å². The van der Waals surface area contributed by atoms with Gasteiger partial charge in [-0.15, -0.1) is 0 Å². The van der Waals surface area contributed by atoms with E-state index >= 15 is 0 Å². The van der Waals surface area contributed by atoms with Crippen molar-refractivity contribution in [3.8, 4) is 0 Å². The lowest BCUT2D eigenvalue weighted by Crippen LogP contribution is -1.92. The molecule has 0 unspecified atom stereocenters. The van der Waals surface area contributed by atoms with E-state index in [1.165, 1.54) is 6.07 Å². The van der Waals surface area contributed by atoms with Gasteiger partial charge in [0.15, 0.2) is 0 Å². The highest BCUT2D eigenvalue weighted by atomic mass is 19.1. The normalized spacial score (nSPS) is 11.6. The van der Waals surface area contributed by atoms with Crippen molar-refractivity contribution in [1.82, 2.24) is 0 Å². The second kappa shape index (κ2) is 5.30. The van der Waals surface area contributed by atoms with Crippen LogP contribution in [0.1, 0.15) is 24.5 Å². The minimum absolute atomic E-state index is 0.327. The number of hydrogen-bond donors (Lipinski definition) is 0. The predicted octanol–water partition coefficient (Wildman–Crippen LogP) is 4.94. The first kappa shape index (κ1) is 12.7. The number of benzene rings is 2. The Labute approximate surface area is 106 Å². The monoisotopic (exact) mass is 246 g/mol. The van der Waals surface area contributed by atoms with Gasteiger partial charge < -0.3 is 0 Å². The molecule has 0 atom stereocenters. The largest absolute Gasteiger partial charge is 0.206 e. The molecular weight excluding hydrogens is 230 g/mol. The van der Waals surface area contributed by atoms with Crippen LogP contribution in [0.3, 0.4) is 0 Å². The van der Waals surface area contributed by atoms with Gasteiger partial charge in [-0.3, -0.25) is 0 Å². The van der Waals surface area contributed by atoms with Crippen molar-refractivity contribution in [1.29, 1.82) is 0 Å². The van der Waals surface area contributed by atoms with E-state index in [2.05, 4.69) is 6.08 Å². The fraction of sp³-hybridized carbons (Fsp3) is 0.250. The number of aryl methyl sites for hydroxylation is 2. The maximum atomic E-state index is 13.8. The van der Waals surface area contributed by atoms with Crippen LogP contribution in [0.2, 0.25) is 0 Å². The maximum absolute atomic E-state index is 13.8. The number of rotatable bonds is 3. The van der Waals surface area contributed by atoms with Gasteiger partial charge in [-0.25, -0.2) is 8.78 Å². The highest BCUT2D eigenvalue weighted by molar-refractivity contribution is 5.85. The Morgan fingerprint density at radius 1 is 1.11 bits per heavy atom. The van der Waals surface area contributed by atoms with Crippen molar-refractivity contribution < 1.29 is 8.78 Å². The summed E-state index contributed by atoms with van der Waals surface area (Å²) in [6.45, 7) is 3.55. The Bertz CT molecular complexity index is 598. The summed E-state index contributed by atoms with van der Waals surface area (Å²) in [4.78, 5) is 0. The molecule has 0 heterocycles. The fourth-order valence-corrected chi connectivity index (χ4v) is 2.10. The van der Waals surface area contributed by atoms with Crippen LogP contribution in [0.5, 0.6) is 0 Å². The van der Waals surface area contributed by atoms with Crippen molar-refractivity contribution in [3.63, 3.8) is 0 Å². The Kier molecular flexibility index (Phi) is 3.75. The molecule has 0 aliphatic carbocycles. The summed E-state index contributed by atoms with van der Waals surface area (Å²) in [6, 6.07) is 6.55. The average molecular weight is 246 g/mol. The zero-order valence-corrected chi connectivity index (χ0v) is 10.6. The molecule has 0 amide bonds. The van der Waals surface area contributed by atoms with Gasteiger partial charge in [0.1, 0.15) is 11.6 Å². The third kappa shape index (κ3) is 2.42. The van der Waals surface area contributed by atoms with Gasteiger partial charge in [-0.2, -0.15) is 0 Å². The molecular formula is C16H16F2. The van der Waals surface area contributed by atoms with Crippen LogP contribution < -0.4 is 0 Å². The van der Waals surface area contributed by atoms with Crippen LogP contribution in [0.15, 0.2) is 36.4 Å². The molecule has 0 radical (unpaired) electrons. The quantitative estimate of drug-likeness (QED) is 0.673. The van der Waals surface area contributed by atoms with Crippen molar-refractivity contribution in [2.75, 3.05) is 0 Å². The molecule has 0 saturated heterocycles. The molecule has 18 heavy (non-hydrogen) atoms. The minimum Gasteiger partial charge on any atom is -0.206 e. The van der Waals surface area contributed by atoms with Crippen LogP contribution in [0.25, 0.3) is 10.8 Å². The number of allylic oxidation sites excluding steroid dienone is 2. The number of fused-ring (bicyclic) bond motifs is 1. The summed E-state index contributed by atoms with van der Waals surface area (Å²) in [5, 5.41) is 0.735. The van der Waals surface area contributed by atoms with E-state index in [1.807, 2.05) is 19.1 Å². The van der Waals surface area contributed by atoms with Gasteiger partial charge in [0.05, 0.1) is 0 Å². The minimum atomic E-state index is -0.350. The van der Waals surface area contributed by atoms with Crippen LogP contribution in [-0.4, -0.2) is 0 Å². The van der Waals surface area contributed by atoms with E-state index in [0.717, 1.165) is 18.4 Å². The highest BCUT2D eigenvalue weighted by Gasteiger charge is 2.09. The SMILES string of the molecule is C/C=C/CCc1ccc2c(F)c(C)cc(F)c2c1. The molecule has 0 bridgehead atoms. The maximum Gasteiger partial charge on any atom is 0.134 e. The van der Waals surface area contributed by atoms with Gasteiger partial charge in [0.2, 0.25) is 0 Å². The van der Waals surface area contributed by atoms with Crippen molar-refractivity contribution >= 4 is 10.8 Å². The molecule has 0 nitrogen and oxygen atoms in total. The van der Waals surface area contributed by atoms with E-state index in [0.29, 0.717) is 16.3 Å². The van der Waals surface area contributed by atoms with E-state index in [-0.39, 0.29) is 11.6 Å². The number of halogens is 2. The molecule has 2 aromatic carbocycles. The van der Waals surface area contributed by atoms with E-state index in [4.69, 9.17) is 0 Å². The summed E-state index contributed by atoms with van der Waals surface area (Å²) in [7, 11) is 0. The van der Waals surface area contributed by atoms with Crippen molar-refractivity contribution in [2.24, 2.45) is 0 Å². The van der Waals surface area contributed by atoms with Gasteiger partial charge in [-0.1, -0.05) is 24.3 Å². The Hall–Kier alpha value is -1.70. The van der Waals surface area contributed by atoms with E-state index < -0.39 is 0 Å². The summed E-state index contributed by atoms with van der Waals surface area (Å²) in [5.41, 5.74) is 1.38. The number of hydrogen-bond acceptors (Lipinski definition) is 0. The molecule has 0 aliphatic rings. The Morgan fingerprint density at radius 3 is 2.61 bits per heavy atom. The second-order valence-electron chi connectivity index (χ2n) is 4.48. The van der Waals surface area contributed by atoms with Crippen LogP contribution in [0.4, 0.5) is 8.78 Å². The zero-order chi connectivity index (χ0) is 13.1. The first-order valence-corrected chi connectivity index (χ1v) is 6.12. The predicted molar refractivity (Wildman–Crippen MR) is 71.7 cm³/mol. The molecule has 2 heteroatoms. The average Bonchev–Trinajstić information content (AvgIpc) is 2.36. The Balaban J connectivity index is 2.45. The summed E-state index contributed by atoms with van der Waals surface area (Å²) < 4.78 is 27.7. The lowest BCUT2D eigenvalue weighted by atomic mass is 10.0. The van der Waals surface area contributed by atoms with Crippen LogP contribution in [-0.2, 0) is 6.42 Å². The summed E-state index contributed by atoms with van der Waals surface area (Å²) >= 11 is 0. The van der Waals surface area contributed by atoms with Crippen LogP contribution in [0, 0.1) is 18.6 Å². The molecule has 0 fully saturated rings. The van der Waals surface area contributed by atoms with Crippen molar-refractivity contribution in [3.05, 3.63) is 59.2 Å². The molecule has 0 aliphatic heterocycles. The molecule has 0 N–H and O–H groups in total. The molecule has 0 saturated carbocycles. The first-order valence-electron chi connectivity index (χ1n) is 6.12. The van der Waals surface area contributed by atoms with E-state index in [1.54, 1.807) is 19.1 Å². The topological polar surface area (TPSA) is 0 Å². The zero-order valence-electron chi connectivity index (χ0n) is 10.6. The second-order valence-corrected chi connectivity index (χ2v) is 4.48. The lowest BCUT2D eigenvalue weighted by molar-refractivity contribution is 0.610. The standard InChI is InChI=1S/C16H16F2/c1-3-4-5-6-12-7-8-13-14(10-12)15(17)9-11(2)16(13)18/h3-4,7-10H,5-6H2,1-2H3/b4-3+. The summed E-state index contributed by atoms with van der Waals surface area (Å²) in [5.74, 6) is -0.678. The first-order chi connectivity index (χ1) is 8.63. The highest BCUT2D eigenvalue weighted by Crippen LogP contribution is 2.25. The van der Waals surface area contributed by atoms with Gasteiger partial charge >= 0.3 is 0 Å². The van der Waals surface area contributed by atoms with E-state index in [9.17, 15) is 8.78 Å². The fourth-order valence-electron chi connectivity index (χ4n) is 2.10. The molecule has 0 spiro atoms. The summed E-state index contributed by atoms with van der Waals surface area (Å²) in [6.07, 6.45) is 5.81. The van der Waals surface area contributed by atoms with Gasteiger partial charge in [0, 0.05) is 10.8 Å². The third-order valence-corrected chi connectivity index (χ3v) is 3.10. The molecule has 2 aromatic rings. The lowest BCUT2D eigenvalue weighted by Gasteiger charge is -2.07. The molecule has 2 rings (SSSR count). The van der Waals surface area contributed by atoms with Crippen LogP contribution >= 0.6 is 0 Å². The smallest absolute Gasteiger partial charge is 0.134 e. The molecule has 94 valence electrons. The Morgan fingerprint density at radius 2 is 1.89 bits per heavy atom. The van der Waals surface area contributed by atoms with Crippen molar-refractivity contribution in [2.45, 2.75) is 26.7 Å².